The van der Waals surface area contributed by atoms with Gasteiger partial charge >= 0.3 is 0 Å². The van der Waals surface area contributed by atoms with E-state index in [1.54, 1.807) is 0 Å². The first-order valence-electron chi connectivity index (χ1n) is 3.87. The molecule has 0 aromatic heterocycles. The first-order valence-corrected chi connectivity index (χ1v) is 3.87. The van der Waals surface area contributed by atoms with Crippen LogP contribution in [0.5, 0.6) is 0 Å². The number of hydrogen-bond acceptors (Lipinski definition) is 2. The van der Waals surface area contributed by atoms with E-state index in [-0.39, 0.29) is 11.6 Å². The van der Waals surface area contributed by atoms with Crippen molar-refractivity contribution in [2.75, 3.05) is 6.61 Å². The second-order valence-electron chi connectivity index (χ2n) is 3.05. The maximum Gasteiger partial charge on any atom is 0.0785 e. The van der Waals surface area contributed by atoms with Crippen LogP contribution in [-0.4, -0.2) is 18.2 Å². The third-order valence-corrected chi connectivity index (χ3v) is 1.75. The first kappa shape index (κ1) is 10.5. The van der Waals surface area contributed by atoms with Crippen LogP contribution in [0.1, 0.15) is 27.2 Å². The fourth-order valence-corrected chi connectivity index (χ4v) is 0.852. The molecule has 11 heavy (non-hydrogen) atoms. The summed E-state index contributed by atoms with van der Waals surface area (Å²) >= 11 is 0. The van der Waals surface area contributed by atoms with E-state index in [1.165, 1.54) is 0 Å². The Bertz CT molecular complexity index is 146. The van der Waals surface area contributed by atoms with E-state index in [0.717, 1.165) is 0 Å². The van der Waals surface area contributed by atoms with Crippen LogP contribution in [0.25, 0.3) is 0 Å². The van der Waals surface area contributed by atoms with Gasteiger partial charge in [0, 0.05) is 19.1 Å². The molecule has 0 aromatic rings. The van der Waals surface area contributed by atoms with Crippen molar-refractivity contribution < 1.29 is 4.74 Å². The van der Waals surface area contributed by atoms with Crippen molar-refractivity contribution in [3.8, 4) is 12.3 Å². The van der Waals surface area contributed by atoms with Crippen molar-refractivity contribution in [2.45, 2.75) is 38.8 Å². The summed E-state index contributed by atoms with van der Waals surface area (Å²) in [6, 6.07) is -0.0764. The number of hydrogen-bond donors (Lipinski definition) is 1. The highest BCUT2D eigenvalue weighted by atomic mass is 16.5. The van der Waals surface area contributed by atoms with Gasteiger partial charge in [0.1, 0.15) is 0 Å². The first-order chi connectivity index (χ1) is 5.04. The number of ether oxygens (including phenoxy) is 1. The second-order valence-corrected chi connectivity index (χ2v) is 3.05. The molecule has 0 heterocycles. The van der Waals surface area contributed by atoms with Gasteiger partial charge in [0.15, 0.2) is 0 Å². The smallest absolute Gasteiger partial charge is 0.0785 e. The van der Waals surface area contributed by atoms with Gasteiger partial charge in [0.2, 0.25) is 0 Å². The minimum absolute atomic E-state index is 0.0764. The Morgan fingerprint density at radius 1 is 1.64 bits per heavy atom. The summed E-state index contributed by atoms with van der Waals surface area (Å²) in [6.07, 6.45) is 5.70. The van der Waals surface area contributed by atoms with E-state index in [4.69, 9.17) is 16.9 Å². The highest BCUT2D eigenvalue weighted by molar-refractivity contribution is 4.95. The summed E-state index contributed by atoms with van der Waals surface area (Å²) in [4.78, 5) is 0. The second kappa shape index (κ2) is 4.38. The molecule has 0 bridgehead atoms. The van der Waals surface area contributed by atoms with E-state index in [2.05, 4.69) is 5.92 Å². The maximum atomic E-state index is 5.78. The van der Waals surface area contributed by atoms with Gasteiger partial charge < -0.3 is 10.5 Å². The third kappa shape index (κ3) is 3.41. The molecule has 2 nitrogen and oxygen atoms in total. The molecule has 0 spiro atoms. The topological polar surface area (TPSA) is 35.2 Å². The summed E-state index contributed by atoms with van der Waals surface area (Å²) < 4.78 is 5.42. The Balaban J connectivity index is 3.96. The Morgan fingerprint density at radius 2 is 2.18 bits per heavy atom. The van der Waals surface area contributed by atoms with Crippen molar-refractivity contribution in [1.29, 1.82) is 0 Å². The van der Waals surface area contributed by atoms with Crippen molar-refractivity contribution in [1.82, 2.24) is 0 Å². The van der Waals surface area contributed by atoms with Gasteiger partial charge in [-0.05, 0) is 20.8 Å². The lowest BCUT2D eigenvalue weighted by Crippen LogP contribution is -2.45. The van der Waals surface area contributed by atoms with Crippen LogP contribution in [0.3, 0.4) is 0 Å². The quantitative estimate of drug-likeness (QED) is 0.618. The van der Waals surface area contributed by atoms with Gasteiger partial charge in [-0.3, -0.25) is 0 Å². The van der Waals surface area contributed by atoms with Gasteiger partial charge in [0.25, 0.3) is 0 Å². The van der Waals surface area contributed by atoms with E-state index >= 15 is 0 Å². The van der Waals surface area contributed by atoms with Crippen LogP contribution in [0, 0.1) is 12.3 Å². The molecule has 0 rings (SSSR count). The molecular weight excluding hydrogens is 138 g/mol. The average molecular weight is 155 g/mol. The Kier molecular flexibility index (Phi) is 4.17. The number of terminal acetylenes is 1. The summed E-state index contributed by atoms with van der Waals surface area (Å²) in [5.74, 6) is 2.53. The van der Waals surface area contributed by atoms with Gasteiger partial charge in [-0.25, -0.2) is 0 Å². The molecule has 0 amide bonds. The van der Waals surface area contributed by atoms with Crippen LogP contribution < -0.4 is 5.73 Å². The predicted octanol–water partition coefficient (Wildman–Crippen LogP) is 1.15. The SMILES string of the molecule is C#CCC(N)C(C)(C)OCC. The standard InChI is InChI=1S/C9H17NO/c1-5-7-8(10)9(3,4)11-6-2/h1,8H,6-7,10H2,2-4H3. The molecule has 64 valence electrons. The molecule has 0 saturated heterocycles. The molecular formula is C9H17NO. The largest absolute Gasteiger partial charge is 0.374 e. The molecule has 1 unspecified atom stereocenters. The molecule has 0 fully saturated rings. The third-order valence-electron chi connectivity index (χ3n) is 1.75. The molecule has 0 aromatic carbocycles. The molecule has 0 aliphatic carbocycles. The van der Waals surface area contributed by atoms with Crippen LogP contribution >= 0.6 is 0 Å². The van der Waals surface area contributed by atoms with E-state index in [9.17, 15) is 0 Å². The van der Waals surface area contributed by atoms with Gasteiger partial charge in [0.05, 0.1) is 5.60 Å². The lowest BCUT2D eigenvalue weighted by atomic mass is 9.97. The minimum Gasteiger partial charge on any atom is -0.374 e. The monoisotopic (exact) mass is 155 g/mol. The highest BCUT2D eigenvalue weighted by Gasteiger charge is 2.25. The zero-order valence-electron chi connectivity index (χ0n) is 7.55. The summed E-state index contributed by atoms with van der Waals surface area (Å²) in [5, 5.41) is 0. The van der Waals surface area contributed by atoms with Crippen molar-refractivity contribution in [3.63, 3.8) is 0 Å². The molecule has 1 atom stereocenters. The van der Waals surface area contributed by atoms with Gasteiger partial charge in [-0.1, -0.05) is 0 Å². The minimum atomic E-state index is -0.304. The molecule has 0 radical (unpaired) electrons. The zero-order valence-corrected chi connectivity index (χ0v) is 7.55. The Labute approximate surface area is 69.1 Å². The van der Waals surface area contributed by atoms with Gasteiger partial charge in [-0.15, -0.1) is 12.3 Å². The maximum absolute atomic E-state index is 5.78. The number of nitrogens with two attached hydrogens (primary N) is 1. The van der Waals surface area contributed by atoms with Crippen LogP contribution in [-0.2, 0) is 4.74 Å². The normalized spacial score (nSPS) is 14.1. The predicted molar refractivity (Wildman–Crippen MR) is 47.1 cm³/mol. The molecule has 0 saturated carbocycles. The van der Waals surface area contributed by atoms with E-state index < -0.39 is 0 Å². The molecule has 2 N–H and O–H groups in total. The fourth-order valence-electron chi connectivity index (χ4n) is 0.852. The van der Waals surface area contributed by atoms with E-state index in [0.29, 0.717) is 13.0 Å². The van der Waals surface area contributed by atoms with Crippen molar-refractivity contribution in [2.24, 2.45) is 5.73 Å². The summed E-state index contributed by atoms with van der Waals surface area (Å²) in [7, 11) is 0. The molecule has 0 aliphatic rings. The Hall–Kier alpha value is -0.520. The van der Waals surface area contributed by atoms with Crippen molar-refractivity contribution in [3.05, 3.63) is 0 Å². The Morgan fingerprint density at radius 3 is 2.55 bits per heavy atom. The van der Waals surface area contributed by atoms with Crippen LogP contribution in [0.4, 0.5) is 0 Å². The highest BCUT2D eigenvalue weighted by Crippen LogP contribution is 2.14. The summed E-state index contributed by atoms with van der Waals surface area (Å²) in [6.45, 7) is 6.53. The molecule has 2 heteroatoms. The number of rotatable bonds is 4. The average Bonchev–Trinajstić information content (AvgIpc) is 1.88. The van der Waals surface area contributed by atoms with Crippen LogP contribution in [0.15, 0.2) is 0 Å². The summed E-state index contributed by atoms with van der Waals surface area (Å²) in [5.41, 5.74) is 5.48. The van der Waals surface area contributed by atoms with E-state index in [1.807, 2.05) is 20.8 Å². The fraction of sp³-hybridized carbons (Fsp3) is 0.778. The molecule has 0 aliphatic heterocycles. The van der Waals surface area contributed by atoms with Gasteiger partial charge in [-0.2, -0.15) is 0 Å². The zero-order chi connectivity index (χ0) is 8.91. The lowest BCUT2D eigenvalue weighted by Gasteiger charge is -2.30. The lowest BCUT2D eigenvalue weighted by molar-refractivity contribution is -0.0278. The van der Waals surface area contributed by atoms with Crippen LogP contribution in [0.2, 0.25) is 0 Å². The van der Waals surface area contributed by atoms with Crippen molar-refractivity contribution >= 4 is 0 Å².